The summed E-state index contributed by atoms with van der Waals surface area (Å²) >= 11 is 0. The van der Waals surface area contributed by atoms with E-state index in [9.17, 15) is 0 Å². The molecule has 1 N–H and O–H groups in total. The standard InChI is InChI=1S/C16H25N/c1-2-3-4-5-6-17-16-10-13-7-14(11-16)9-15(8-13)12-16/h2,4-5,13-15,17H,1,3,6-12H2. The summed E-state index contributed by atoms with van der Waals surface area (Å²) in [5.74, 6) is 3.14. The summed E-state index contributed by atoms with van der Waals surface area (Å²) in [4.78, 5) is 0. The third-order valence-corrected chi connectivity index (χ3v) is 5.10. The molecule has 4 saturated carbocycles. The number of allylic oxidation sites excluding steroid dienone is 2. The van der Waals surface area contributed by atoms with Crippen molar-refractivity contribution in [3.8, 4) is 0 Å². The molecule has 0 spiro atoms. The van der Waals surface area contributed by atoms with Crippen LogP contribution in [0.5, 0.6) is 0 Å². The molecule has 0 aromatic heterocycles. The fraction of sp³-hybridized carbons (Fsp3) is 0.750. The Hall–Kier alpha value is -0.560. The van der Waals surface area contributed by atoms with Gasteiger partial charge in [-0.1, -0.05) is 18.2 Å². The maximum absolute atomic E-state index is 3.87. The van der Waals surface area contributed by atoms with Gasteiger partial charge in [0.15, 0.2) is 0 Å². The molecule has 4 rings (SSSR count). The molecule has 4 aliphatic rings. The van der Waals surface area contributed by atoms with Gasteiger partial charge in [-0.05, 0) is 62.7 Å². The van der Waals surface area contributed by atoms with Crippen molar-refractivity contribution >= 4 is 0 Å². The lowest BCUT2D eigenvalue weighted by Crippen LogP contribution is -2.58. The molecular weight excluding hydrogens is 206 g/mol. The fourth-order valence-corrected chi connectivity index (χ4v) is 4.88. The van der Waals surface area contributed by atoms with Crippen molar-refractivity contribution in [3.05, 3.63) is 24.8 Å². The number of hydrogen-bond acceptors (Lipinski definition) is 1. The van der Waals surface area contributed by atoms with Crippen LogP contribution in [0.3, 0.4) is 0 Å². The Kier molecular flexibility index (Phi) is 3.12. The van der Waals surface area contributed by atoms with Crippen LogP contribution in [-0.2, 0) is 0 Å². The van der Waals surface area contributed by atoms with Gasteiger partial charge < -0.3 is 5.32 Å². The summed E-state index contributed by atoms with van der Waals surface area (Å²) in [6, 6.07) is 0. The minimum atomic E-state index is 0.521. The molecule has 0 heterocycles. The summed E-state index contributed by atoms with van der Waals surface area (Å²) < 4.78 is 0. The maximum atomic E-state index is 3.87. The van der Waals surface area contributed by atoms with E-state index in [1.54, 1.807) is 0 Å². The molecule has 0 radical (unpaired) electrons. The Labute approximate surface area is 105 Å². The molecule has 1 heteroatoms. The fourth-order valence-electron chi connectivity index (χ4n) is 4.88. The van der Waals surface area contributed by atoms with Gasteiger partial charge in [0, 0.05) is 12.1 Å². The Morgan fingerprint density at radius 3 is 2.12 bits per heavy atom. The minimum Gasteiger partial charge on any atom is -0.308 e. The van der Waals surface area contributed by atoms with Crippen LogP contribution >= 0.6 is 0 Å². The maximum Gasteiger partial charge on any atom is 0.0192 e. The molecule has 4 bridgehead atoms. The zero-order valence-corrected chi connectivity index (χ0v) is 10.8. The average molecular weight is 231 g/mol. The zero-order chi connectivity index (χ0) is 11.7. The first-order chi connectivity index (χ1) is 8.30. The Morgan fingerprint density at radius 1 is 1.00 bits per heavy atom. The van der Waals surface area contributed by atoms with E-state index in [1.165, 1.54) is 38.5 Å². The molecule has 0 aromatic carbocycles. The molecule has 0 atom stereocenters. The summed E-state index contributed by atoms with van der Waals surface area (Å²) in [7, 11) is 0. The van der Waals surface area contributed by atoms with Crippen LogP contribution in [-0.4, -0.2) is 12.1 Å². The van der Waals surface area contributed by atoms with Gasteiger partial charge in [-0.25, -0.2) is 0 Å². The third kappa shape index (κ3) is 2.35. The van der Waals surface area contributed by atoms with Crippen LogP contribution in [0.2, 0.25) is 0 Å². The van der Waals surface area contributed by atoms with Crippen LogP contribution < -0.4 is 5.32 Å². The monoisotopic (exact) mass is 231 g/mol. The van der Waals surface area contributed by atoms with Gasteiger partial charge in [0.25, 0.3) is 0 Å². The van der Waals surface area contributed by atoms with E-state index in [2.05, 4.69) is 24.0 Å². The van der Waals surface area contributed by atoms with E-state index in [0.29, 0.717) is 5.54 Å². The van der Waals surface area contributed by atoms with Crippen LogP contribution in [0.25, 0.3) is 0 Å². The number of rotatable bonds is 5. The van der Waals surface area contributed by atoms with Gasteiger partial charge in [-0.15, -0.1) is 6.58 Å². The highest BCUT2D eigenvalue weighted by Gasteiger charge is 2.50. The van der Waals surface area contributed by atoms with E-state index < -0.39 is 0 Å². The molecule has 0 amide bonds. The van der Waals surface area contributed by atoms with Gasteiger partial charge in [-0.2, -0.15) is 0 Å². The first kappa shape index (κ1) is 11.5. The predicted octanol–water partition coefficient (Wildman–Crippen LogP) is 3.68. The van der Waals surface area contributed by atoms with E-state index in [-0.39, 0.29) is 0 Å². The molecule has 4 fully saturated rings. The Balaban J connectivity index is 1.57. The Morgan fingerprint density at radius 2 is 1.59 bits per heavy atom. The van der Waals surface area contributed by atoms with Crippen LogP contribution in [0.1, 0.15) is 44.9 Å². The minimum absolute atomic E-state index is 0.521. The van der Waals surface area contributed by atoms with Crippen molar-refractivity contribution in [1.29, 1.82) is 0 Å². The van der Waals surface area contributed by atoms with Gasteiger partial charge in [0.05, 0.1) is 0 Å². The lowest BCUT2D eigenvalue weighted by molar-refractivity contribution is -0.0179. The molecular formula is C16H25N. The molecule has 4 aliphatic carbocycles. The SMILES string of the molecule is C=CCC=CCNC12CC3CC(CC(C3)C1)C2. The number of nitrogens with one attached hydrogen (secondary N) is 1. The second-order valence-electron chi connectivity index (χ2n) is 6.57. The van der Waals surface area contributed by atoms with E-state index in [0.717, 1.165) is 30.7 Å². The second kappa shape index (κ2) is 4.61. The van der Waals surface area contributed by atoms with E-state index >= 15 is 0 Å². The van der Waals surface area contributed by atoms with Gasteiger partial charge >= 0.3 is 0 Å². The van der Waals surface area contributed by atoms with Crippen molar-refractivity contribution in [2.45, 2.75) is 50.5 Å². The highest BCUT2D eigenvalue weighted by molar-refractivity contribution is 5.07. The molecule has 0 aliphatic heterocycles. The topological polar surface area (TPSA) is 12.0 Å². The smallest absolute Gasteiger partial charge is 0.0192 e. The lowest BCUT2D eigenvalue weighted by Gasteiger charge is -2.57. The summed E-state index contributed by atoms with van der Waals surface area (Å²) in [5.41, 5.74) is 0.521. The zero-order valence-electron chi connectivity index (χ0n) is 10.8. The normalized spacial score (nSPS) is 43.4. The molecule has 94 valence electrons. The molecule has 0 saturated heterocycles. The van der Waals surface area contributed by atoms with Crippen molar-refractivity contribution < 1.29 is 0 Å². The van der Waals surface area contributed by atoms with Crippen molar-refractivity contribution in [2.75, 3.05) is 6.54 Å². The van der Waals surface area contributed by atoms with Crippen molar-refractivity contribution in [2.24, 2.45) is 17.8 Å². The van der Waals surface area contributed by atoms with Crippen molar-refractivity contribution in [3.63, 3.8) is 0 Å². The van der Waals surface area contributed by atoms with Crippen LogP contribution in [0, 0.1) is 17.8 Å². The quantitative estimate of drug-likeness (QED) is 0.712. The summed E-state index contributed by atoms with van der Waals surface area (Å²) in [5, 5.41) is 3.87. The van der Waals surface area contributed by atoms with Gasteiger partial charge in [0.2, 0.25) is 0 Å². The first-order valence-electron chi connectivity index (χ1n) is 7.30. The largest absolute Gasteiger partial charge is 0.308 e. The van der Waals surface area contributed by atoms with E-state index in [4.69, 9.17) is 0 Å². The van der Waals surface area contributed by atoms with E-state index in [1.807, 2.05) is 6.08 Å². The molecule has 17 heavy (non-hydrogen) atoms. The Bertz CT molecular complexity index is 280. The highest BCUT2D eigenvalue weighted by atomic mass is 15.0. The molecule has 1 nitrogen and oxygen atoms in total. The highest BCUT2D eigenvalue weighted by Crippen LogP contribution is 2.55. The van der Waals surface area contributed by atoms with Crippen molar-refractivity contribution in [1.82, 2.24) is 5.32 Å². The van der Waals surface area contributed by atoms with Crippen LogP contribution in [0.4, 0.5) is 0 Å². The molecule has 0 aromatic rings. The number of hydrogen-bond donors (Lipinski definition) is 1. The van der Waals surface area contributed by atoms with Crippen LogP contribution in [0.15, 0.2) is 24.8 Å². The summed E-state index contributed by atoms with van der Waals surface area (Å²) in [6.07, 6.45) is 16.4. The average Bonchev–Trinajstić information content (AvgIpc) is 2.26. The second-order valence-corrected chi connectivity index (χ2v) is 6.57. The van der Waals surface area contributed by atoms with Gasteiger partial charge in [-0.3, -0.25) is 0 Å². The molecule has 0 unspecified atom stereocenters. The van der Waals surface area contributed by atoms with Gasteiger partial charge in [0.1, 0.15) is 0 Å². The first-order valence-corrected chi connectivity index (χ1v) is 7.30. The summed E-state index contributed by atoms with van der Waals surface area (Å²) in [6.45, 7) is 4.80. The third-order valence-electron chi connectivity index (χ3n) is 5.10. The lowest BCUT2D eigenvalue weighted by atomic mass is 9.53. The predicted molar refractivity (Wildman–Crippen MR) is 72.9 cm³/mol.